The standard InChI is InChI=1S/C9H14N2O5/c1-10-9(8(14)11(2)3)15-6(12)4-5-7(13)16-9/h10H,4-5H2,1-3H3. The molecule has 0 saturated carbocycles. The normalized spacial score (nSPS) is 19.4. The summed E-state index contributed by atoms with van der Waals surface area (Å²) in [6.45, 7) is 0. The van der Waals surface area contributed by atoms with Gasteiger partial charge in [0.1, 0.15) is 0 Å². The average molecular weight is 230 g/mol. The quantitative estimate of drug-likeness (QED) is 0.601. The fraction of sp³-hybridized carbons (Fsp3) is 0.667. The van der Waals surface area contributed by atoms with Crippen LogP contribution in [0.2, 0.25) is 0 Å². The number of rotatable bonds is 2. The van der Waals surface area contributed by atoms with Crippen LogP contribution in [0.25, 0.3) is 0 Å². The van der Waals surface area contributed by atoms with Crippen LogP contribution in [0, 0.1) is 0 Å². The Morgan fingerprint density at radius 2 is 1.69 bits per heavy atom. The van der Waals surface area contributed by atoms with Crippen molar-refractivity contribution in [2.75, 3.05) is 21.1 Å². The molecule has 1 fully saturated rings. The zero-order valence-corrected chi connectivity index (χ0v) is 9.40. The largest absolute Gasteiger partial charge is 0.401 e. The summed E-state index contributed by atoms with van der Waals surface area (Å²) in [4.78, 5) is 35.5. The first kappa shape index (κ1) is 12.4. The highest BCUT2D eigenvalue weighted by Crippen LogP contribution is 2.19. The van der Waals surface area contributed by atoms with Gasteiger partial charge in [-0.25, -0.2) is 5.32 Å². The second-order valence-electron chi connectivity index (χ2n) is 3.51. The predicted octanol–water partition coefficient (Wildman–Crippen LogP) is -1.17. The Labute approximate surface area is 92.7 Å². The third-order valence-electron chi connectivity index (χ3n) is 2.07. The highest BCUT2D eigenvalue weighted by atomic mass is 16.8. The van der Waals surface area contributed by atoms with Gasteiger partial charge < -0.3 is 14.4 Å². The van der Waals surface area contributed by atoms with E-state index in [9.17, 15) is 14.4 Å². The average Bonchev–Trinajstić information content (AvgIpc) is 2.37. The van der Waals surface area contributed by atoms with Gasteiger partial charge >= 0.3 is 23.8 Å². The number of hydrogen-bond acceptors (Lipinski definition) is 6. The van der Waals surface area contributed by atoms with E-state index in [1.807, 2.05) is 0 Å². The van der Waals surface area contributed by atoms with Gasteiger partial charge in [-0.3, -0.25) is 14.4 Å². The molecule has 0 spiro atoms. The lowest BCUT2D eigenvalue weighted by atomic mass is 10.3. The van der Waals surface area contributed by atoms with Gasteiger partial charge in [0, 0.05) is 14.1 Å². The number of esters is 2. The molecule has 0 atom stereocenters. The SMILES string of the molecule is CNC1(C(=O)N(C)C)OC(=O)CCC(=O)O1. The molecule has 1 aliphatic rings. The molecule has 0 aromatic heterocycles. The number of likely N-dealkylation sites (N-methyl/N-ethyl adjacent to an activating group) is 2. The summed E-state index contributed by atoms with van der Waals surface area (Å²) in [6, 6.07) is 0. The van der Waals surface area contributed by atoms with Crippen molar-refractivity contribution in [3.63, 3.8) is 0 Å². The number of cyclic esters (lactones) is 2. The molecule has 0 bridgehead atoms. The molecule has 7 nitrogen and oxygen atoms in total. The predicted molar refractivity (Wildman–Crippen MR) is 51.9 cm³/mol. The fourth-order valence-electron chi connectivity index (χ4n) is 1.24. The molecule has 0 unspecified atom stereocenters. The van der Waals surface area contributed by atoms with Crippen molar-refractivity contribution in [3.05, 3.63) is 0 Å². The summed E-state index contributed by atoms with van der Waals surface area (Å²) >= 11 is 0. The molecule has 0 aromatic carbocycles. The Morgan fingerprint density at radius 1 is 1.25 bits per heavy atom. The molecular weight excluding hydrogens is 216 g/mol. The highest BCUT2D eigenvalue weighted by Gasteiger charge is 2.48. The van der Waals surface area contributed by atoms with E-state index in [1.165, 1.54) is 26.0 Å². The Balaban J connectivity index is 3.03. The van der Waals surface area contributed by atoms with Gasteiger partial charge in [0.2, 0.25) is 0 Å². The van der Waals surface area contributed by atoms with Crippen molar-refractivity contribution in [3.8, 4) is 0 Å². The molecule has 1 N–H and O–H groups in total. The van der Waals surface area contributed by atoms with Crippen LogP contribution in [0.1, 0.15) is 12.8 Å². The molecule has 90 valence electrons. The Hall–Kier alpha value is -1.63. The van der Waals surface area contributed by atoms with Crippen LogP contribution < -0.4 is 5.32 Å². The molecule has 1 saturated heterocycles. The number of ether oxygens (including phenoxy) is 2. The Morgan fingerprint density at radius 3 is 2.00 bits per heavy atom. The number of nitrogens with one attached hydrogen (secondary N) is 1. The molecule has 16 heavy (non-hydrogen) atoms. The van der Waals surface area contributed by atoms with Crippen LogP contribution in [-0.4, -0.2) is 49.8 Å². The van der Waals surface area contributed by atoms with Crippen molar-refractivity contribution >= 4 is 17.8 Å². The van der Waals surface area contributed by atoms with Crippen LogP contribution in [0.3, 0.4) is 0 Å². The third-order valence-corrected chi connectivity index (χ3v) is 2.07. The van der Waals surface area contributed by atoms with Crippen molar-refractivity contribution in [1.29, 1.82) is 0 Å². The molecule has 1 rings (SSSR count). The summed E-state index contributed by atoms with van der Waals surface area (Å²) in [7, 11) is 4.30. The molecule has 0 aromatic rings. The fourth-order valence-corrected chi connectivity index (χ4v) is 1.24. The maximum absolute atomic E-state index is 11.8. The van der Waals surface area contributed by atoms with Crippen LogP contribution in [0.5, 0.6) is 0 Å². The molecule has 1 amide bonds. The van der Waals surface area contributed by atoms with Crippen molar-refractivity contribution in [2.45, 2.75) is 18.8 Å². The lowest BCUT2D eigenvalue weighted by Gasteiger charge is -2.30. The number of hydrogen-bond donors (Lipinski definition) is 1. The Kier molecular flexibility index (Phi) is 3.48. The second kappa shape index (κ2) is 4.48. The molecule has 0 radical (unpaired) electrons. The number of carbonyl (C=O) groups is 3. The third kappa shape index (κ3) is 2.30. The van der Waals surface area contributed by atoms with Gasteiger partial charge in [-0.1, -0.05) is 0 Å². The van der Waals surface area contributed by atoms with Crippen molar-refractivity contribution < 1.29 is 23.9 Å². The molecule has 1 aliphatic heterocycles. The van der Waals surface area contributed by atoms with E-state index in [0.29, 0.717) is 0 Å². The summed E-state index contributed by atoms with van der Waals surface area (Å²) in [5.41, 5.74) is 0. The highest BCUT2D eigenvalue weighted by molar-refractivity contribution is 5.90. The lowest BCUT2D eigenvalue weighted by Crippen LogP contribution is -2.60. The molecule has 1 heterocycles. The first-order valence-electron chi connectivity index (χ1n) is 4.75. The zero-order valence-electron chi connectivity index (χ0n) is 9.40. The van der Waals surface area contributed by atoms with E-state index < -0.39 is 23.8 Å². The summed E-state index contributed by atoms with van der Waals surface area (Å²) in [6.07, 6.45) is -0.189. The van der Waals surface area contributed by atoms with E-state index >= 15 is 0 Å². The molecule has 7 heteroatoms. The minimum Gasteiger partial charge on any atom is -0.400 e. The van der Waals surface area contributed by atoms with Crippen LogP contribution in [0.15, 0.2) is 0 Å². The number of nitrogens with zero attached hydrogens (tertiary/aromatic N) is 1. The topological polar surface area (TPSA) is 84.9 Å². The van der Waals surface area contributed by atoms with Gasteiger partial charge in [0.25, 0.3) is 0 Å². The smallest absolute Gasteiger partial charge is 0.400 e. The first-order valence-corrected chi connectivity index (χ1v) is 4.75. The first-order chi connectivity index (χ1) is 7.41. The second-order valence-corrected chi connectivity index (χ2v) is 3.51. The lowest BCUT2D eigenvalue weighted by molar-refractivity contribution is -0.234. The van der Waals surface area contributed by atoms with E-state index in [1.54, 1.807) is 0 Å². The van der Waals surface area contributed by atoms with Crippen LogP contribution in [0.4, 0.5) is 0 Å². The minimum atomic E-state index is -2.03. The van der Waals surface area contributed by atoms with Gasteiger partial charge in [0.05, 0.1) is 12.8 Å². The van der Waals surface area contributed by atoms with E-state index in [4.69, 9.17) is 9.47 Å². The number of carbonyl (C=O) groups excluding carboxylic acids is 3. The van der Waals surface area contributed by atoms with Crippen LogP contribution in [-0.2, 0) is 23.9 Å². The summed E-state index contributed by atoms with van der Waals surface area (Å²) in [5.74, 6) is -4.00. The van der Waals surface area contributed by atoms with E-state index in [-0.39, 0.29) is 12.8 Å². The molecular formula is C9H14N2O5. The number of amides is 1. The maximum Gasteiger partial charge on any atom is 0.401 e. The van der Waals surface area contributed by atoms with Gasteiger partial charge in [-0.05, 0) is 7.05 Å². The van der Waals surface area contributed by atoms with Crippen molar-refractivity contribution in [1.82, 2.24) is 10.2 Å². The van der Waals surface area contributed by atoms with E-state index in [2.05, 4.69) is 5.32 Å². The van der Waals surface area contributed by atoms with Crippen molar-refractivity contribution in [2.24, 2.45) is 0 Å². The molecule has 0 aliphatic carbocycles. The Bertz CT molecular complexity index is 308. The van der Waals surface area contributed by atoms with Gasteiger partial charge in [0.15, 0.2) is 0 Å². The minimum absolute atomic E-state index is 0.0943. The monoisotopic (exact) mass is 230 g/mol. The van der Waals surface area contributed by atoms with Gasteiger partial charge in [-0.15, -0.1) is 0 Å². The zero-order chi connectivity index (χ0) is 12.3. The maximum atomic E-state index is 11.8. The van der Waals surface area contributed by atoms with E-state index in [0.717, 1.165) is 0 Å². The van der Waals surface area contributed by atoms with Crippen LogP contribution >= 0.6 is 0 Å². The summed E-state index contributed by atoms with van der Waals surface area (Å²) in [5, 5.41) is 2.42. The summed E-state index contributed by atoms with van der Waals surface area (Å²) < 4.78 is 9.71. The van der Waals surface area contributed by atoms with Gasteiger partial charge in [-0.2, -0.15) is 0 Å².